The second-order valence-corrected chi connectivity index (χ2v) is 5.61. The fraction of sp³-hybridized carbons (Fsp3) is 0.200. The van der Waals surface area contributed by atoms with Crippen LogP contribution in [0.2, 0.25) is 0 Å². The number of carboxylic acid groups (broad SMARTS) is 1. The second kappa shape index (κ2) is 9.27. The maximum atomic E-state index is 12.5. The molecule has 2 aromatic carbocycles. The number of aliphatic carboxylic acids is 1. The lowest BCUT2D eigenvalue weighted by Crippen LogP contribution is -2.32. The Hall–Kier alpha value is -3.08. The van der Waals surface area contributed by atoms with Gasteiger partial charge in [0, 0.05) is 19.2 Å². The van der Waals surface area contributed by atoms with Gasteiger partial charge >= 0.3 is 12.1 Å². The van der Waals surface area contributed by atoms with Crippen molar-refractivity contribution >= 4 is 12.1 Å². The molecule has 2 aromatic rings. The summed E-state index contributed by atoms with van der Waals surface area (Å²) in [6.07, 6.45) is 1.19. The molecule has 25 heavy (non-hydrogen) atoms. The maximum Gasteiger partial charge on any atom is 0.410 e. The van der Waals surface area contributed by atoms with Crippen LogP contribution in [0.1, 0.15) is 18.1 Å². The zero-order valence-corrected chi connectivity index (χ0v) is 14.0. The number of carbonyl (C=O) groups is 2. The van der Waals surface area contributed by atoms with E-state index in [-0.39, 0.29) is 0 Å². The monoisotopic (exact) mass is 339 g/mol. The van der Waals surface area contributed by atoms with Crippen LogP contribution in [0, 0.1) is 0 Å². The van der Waals surface area contributed by atoms with E-state index in [4.69, 9.17) is 9.84 Å². The molecule has 5 nitrogen and oxygen atoms in total. The Balaban J connectivity index is 2.09. The molecule has 5 heteroatoms. The first-order valence-electron chi connectivity index (χ1n) is 7.99. The van der Waals surface area contributed by atoms with Gasteiger partial charge in [-0.15, -0.1) is 0 Å². The van der Waals surface area contributed by atoms with Crippen LogP contribution in [0.3, 0.4) is 0 Å². The number of hydrogen-bond donors (Lipinski definition) is 1. The van der Waals surface area contributed by atoms with Gasteiger partial charge in [-0.3, -0.25) is 4.90 Å². The van der Waals surface area contributed by atoms with E-state index in [1.54, 1.807) is 11.8 Å². The average Bonchev–Trinajstić information content (AvgIpc) is 2.61. The minimum atomic E-state index is -1.08. The zero-order valence-electron chi connectivity index (χ0n) is 14.0. The summed E-state index contributed by atoms with van der Waals surface area (Å²) in [7, 11) is 0. The molecule has 0 bridgehead atoms. The Morgan fingerprint density at radius 3 is 1.92 bits per heavy atom. The van der Waals surface area contributed by atoms with E-state index in [9.17, 15) is 9.59 Å². The van der Waals surface area contributed by atoms with E-state index in [1.807, 2.05) is 60.7 Å². The molecular formula is C20H21NO4. The topological polar surface area (TPSA) is 66.8 Å². The van der Waals surface area contributed by atoms with E-state index in [0.29, 0.717) is 13.1 Å². The zero-order chi connectivity index (χ0) is 18.1. The quantitative estimate of drug-likeness (QED) is 0.778. The number of ether oxygens (including phenoxy) is 1. The standard InChI is InChI=1S/C20H21NO4/c1-16(12-13-19(22)23)25-20(24)21(14-17-8-4-2-5-9-17)15-18-10-6-3-7-11-18/h2-13,16H,14-15H2,1H3,(H,22,23)/b13-12+/t16-/m0/s1. The highest BCUT2D eigenvalue weighted by molar-refractivity contribution is 5.79. The molecule has 0 radical (unpaired) electrons. The van der Waals surface area contributed by atoms with Gasteiger partial charge in [-0.1, -0.05) is 60.7 Å². The number of carboxylic acids is 1. The summed E-state index contributed by atoms with van der Waals surface area (Å²) >= 11 is 0. The van der Waals surface area contributed by atoms with Gasteiger partial charge in [0.2, 0.25) is 0 Å². The van der Waals surface area contributed by atoms with Crippen LogP contribution in [0.25, 0.3) is 0 Å². The van der Waals surface area contributed by atoms with Crippen molar-refractivity contribution in [1.29, 1.82) is 0 Å². The Bertz CT molecular complexity index is 671. The van der Waals surface area contributed by atoms with E-state index >= 15 is 0 Å². The first-order chi connectivity index (χ1) is 12.0. The lowest BCUT2D eigenvalue weighted by Gasteiger charge is -2.24. The van der Waals surface area contributed by atoms with Crippen molar-refractivity contribution in [3.8, 4) is 0 Å². The number of carbonyl (C=O) groups excluding carboxylic acids is 1. The van der Waals surface area contributed by atoms with E-state index < -0.39 is 18.2 Å². The maximum absolute atomic E-state index is 12.5. The van der Waals surface area contributed by atoms with Gasteiger partial charge in [0.05, 0.1) is 0 Å². The van der Waals surface area contributed by atoms with Crippen LogP contribution in [0.4, 0.5) is 4.79 Å². The van der Waals surface area contributed by atoms with Crippen molar-refractivity contribution in [3.05, 3.63) is 83.9 Å². The van der Waals surface area contributed by atoms with Gasteiger partial charge in [0.1, 0.15) is 6.10 Å². The summed E-state index contributed by atoms with van der Waals surface area (Å²) in [5.74, 6) is -1.08. The van der Waals surface area contributed by atoms with Crippen LogP contribution < -0.4 is 0 Å². The average molecular weight is 339 g/mol. The molecule has 0 fully saturated rings. The molecular weight excluding hydrogens is 318 g/mol. The third-order valence-corrected chi connectivity index (χ3v) is 3.49. The van der Waals surface area contributed by atoms with Crippen molar-refractivity contribution in [2.45, 2.75) is 26.1 Å². The van der Waals surface area contributed by atoms with Crippen molar-refractivity contribution in [1.82, 2.24) is 4.90 Å². The molecule has 0 aromatic heterocycles. The molecule has 130 valence electrons. The van der Waals surface area contributed by atoms with Crippen LogP contribution in [0.5, 0.6) is 0 Å². The van der Waals surface area contributed by atoms with Crippen molar-refractivity contribution < 1.29 is 19.4 Å². The van der Waals surface area contributed by atoms with Gasteiger partial charge in [-0.25, -0.2) is 9.59 Å². The Labute approximate surface area is 147 Å². The number of rotatable bonds is 7. The predicted molar refractivity (Wildman–Crippen MR) is 94.8 cm³/mol. The molecule has 0 unspecified atom stereocenters. The fourth-order valence-electron chi connectivity index (χ4n) is 2.28. The molecule has 0 aliphatic carbocycles. The molecule has 0 saturated heterocycles. The Kier molecular flexibility index (Phi) is 6.77. The van der Waals surface area contributed by atoms with E-state index in [1.165, 1.54) is 6.08 Å². The highest BCUT2D eigenvalue weighted by Crippen LogP contribution is 2.12. The van der Waals surface area contributed by atoms with Gasteiger partial charge in [0.25, 0.3) is 0 Å². The van der Waals surface area contributed by atoms with Gasteiger partial charge in [-0.2, -0.15) is 0 Å². The smallest absolute Gasteiger partial charge is 0.410 e. The van der Waals surface area contributed by atoms with Crippen LogP contribution in [0.15, 0.2) is 72.8 Å². The van der Waals surface area contributed by atoms with Crippen molar-refractivity contribution in [2.75, 3.05) is 0 Å². The van der Waals surface area contributed by atoms with Gasteiger partial charge in [0.15, 0.2) is 0 Å². The number of nitrogens with zero attached hydrogens (tertiary/aromatic N) is 1. The highest BCUT2D eigenvalue weighted by atomic mass is 16.6. The largest absolute Gasteiger partial charge is 0.478 e. The predicted octanol–water partition coefficient (Wildman–Crippen LogP) is 3.85. The Morgan fingerprint density at radius 1 is 1.00 bits per heavy atom. The molecule has 0 saturated carbocycles. The number of hydrogen-bond acceptors (Lipinski definition) is 3. The van der Waals surface area contributed by atoms with Gasteiger partial charge in [-0.05, 0) is 24.1 Å². The number of amides is 1. The second-order valence-electron chi connectivity index (χ2n) is 5.61. The minimum absolute atomic E-state index is 0.407. The lowest BCUT2D eigenvalue weighted by molar-refractivity contribution is -0.131. The highest BCUT2D eigenvalue weighted by Gasteiger charge is 2.18. The minimum Gasteiger partial charge on any atom is -0.478 e. The van der Waals surface area contributed by atoms with Crippen LogP contribution >= 0.6 is 0 Å². The summed E-state index contributed by atoms with van der Waals surface area (Å²) in [5, 5.41) is 8.66. The lowest BCUT2D eigenvalue weighted by atomic mass is 10.2. The Morgan fingerprint density at radius 2 is 1.48 bits per heavy atom. The van der Waals surface area contributed by atoms with Gasteiger partial charge < -0.3 is 9.84 Å². The van der Waals surface area contributed by atoms with E-state index in [0.717, 1.165) is 17.2 Å². The normalized spacial score (nSPS) is 11.9. The summed E-state index contributed by atoms with van der Waals surface area (Å²) < 4.78 is 5.34. The number of benzene rings is 2. The molecule has 0 aliphatic heterocycles. The molecule has 1 amide bonds. The van der Waals surface area contributed by atoms with Crippen LogP contribution in [-0.2, 0) is 22.6 Å². The van der Waals surface area contributed by atoms with Crippen molar-refractivity contribution in [2.24, 2.45) is 0 Å². The molecule has 1 atom stereocenters. The van der Waals surface area contributed by atoms with E-state index in [2.05, 4.69) is 0 Å². The summed E-state index contributed by atoms with van der Waals surface area (Å²) in [5.41, 5.74) is 1.98. The van der Waals surface area contributed by atoms with Crippen molar-refractivity contribution in [3.63, 3.8) is 0 Å². The molecule has 1 N–H and O–H groups in total. The SMILES string of the molecule is C[C@@H](/C=C/C(=O)O)OC(=O)N(Cc1ccccc1)Cc1ccccc1. The summed E-state index contributed by atoms with van der Waals surface area (Å²) in [4.78, 5) is 24.7. The first kappa shape index (κ1) is 18.3. The third kappa shape index (κ3) is 6.51. The molecule has 2 rings (SSSR count). The summed E-state index contributed by atoms with van der Waals surface area (Å²) in [6, 6.07) is 19.3. The van der Waals surface area contributed by atoms with Crippen LogP contribution in [-0.4, -0.2) is 28.2 Å². The molecule has 0 heterocycles. The first-order valence-corrected chi connectivity index (χ1v) is 7.99. The molecule has 0 aliphatic rings. The third-order valence-electron chi connectivity index (χ3n) is 3.49. The summed E-state index contributed by atoms with van der Waals surface area (Å²) in [6.45, 7) is 2.44. The fourth-order valence-corrected chi connectivity index (χ4v) is 2.28. The molecule has 0 spiro atoms.